The van der Waals surface area contributed by atoms with Crippen LogP contribution < -0.4 is 4.72 Å². The molecule has 0 saturated carbocycles. The number of aromatic amines is 1. The van der Waals surface area contributed by atoms with E-state index in [1.807, 2.05) is 13.0 Å². The summed E-state index contributed by atoms with van der Waals surface area (Å²) in [7, 11) is -3.63. The molecule has 0 radical (unpaired) electrons. The number of aryl methyl sites for hydroxylation is 3. The zero-order valence-electron chi connectivity index (χ0n) is 10.4. The van der Waals surface area contributed by atoms with Crippen LogP contribution in [0.2, 0.25) is 0 Å². The summed E-state index contributed by atoms with van der Waals surface area (Å²) < 4.78 is 26.8. The fourth-order valence-electron chi connectivity index (χ4n) is 1.66. The smallest absolute Gasteiger partial charge is 0.260 e. The van der Waals surface area contributed by atoms with Crippen molar-refractivity contribution in [2.75, 3.05) is 4.72 Å². The maximum Gasteiger partial charge on any atom is 0.263 e. The fourth-order valence-corrected chi connectivity index (χ4v) is 2.95. The summed E-state index contributed by atoms with van der Waals surface area (Å²) in [4.78, 5) is 0.246. The van der Waals surface area contributed by atoms with E-state index in [-0.39, 0.29) is 10.7 Å². The molecule has 1 heterocycles. The first-order valence-corrected chi connectivity index (χ1v) is 6.86. The summed E-state index contributed by atoms with van der Waals surface area (Å²) in [5.41, 5.74) is 2.22. The van der Waals surface area contributed by atoms with Gasteiger partial charge in [-0.2, -0.15) is 10.3 Å². The molecule has 0 unspecified atom stereocenters. The van der Waals surface area contributed by atoms with Gasteiger partial charge in [-0.15, -0.1) is 5.10 Å². The molecule has 0 amide bonds. The Morgan fingerprint density at radius 3 is 2.44 bits per heavy atom. The minimum atomic E-state index is -3.63. The Hall–Kier alpha value is -1.89. The van der Waals surface area contributed by atoms with Crippen molar-refractivity contribution in [2.24, 2.45) is 0 Å². The highest BCUT2D eigenvalue weighted by atomic mass is 32.2. The lowest BCUT2D eigenvalue weighted by molar-refractivity contribution is 0.600. The summed E-state index contributed by atoms with van der Waals surface area (Å²) in [5.74, 6) is 0.218. The number of rotatable bonds is 3. The lowest BCUT2D eigenvalue weighted by atomic mass is 10.2. The van der Waals surface area contributed by atoms with Gasteiger partial charge in [0.1, 0.15) is 5.69 Å². The molecule has 0 aliphatic rings. The van der Waals surface area contributed by atoms with Crippen molar-refractivity contribution < 1.29 is 8.42 Å². The predicted octanol–water partition coefficient (Wildman–Crippen LogP) is 1.53. The maximum absolute atomic E-state index is 12.2. The Morgan fingerprint density at radius 1 is 1.17 bits per heavy atom. The Morgan fingerprint density at radius 2 is 1.89 bits per heavy atom. The summed E-state index contributed by atoms with van der Waals surface area (Å²) in [5, 5.41) is 9.88. The second-order valence-electron chi connectivity index (χ2n) is 4.13. The number of aromatic nitrogens is 3. The van der Waals surface area contributed by atoms with Crippen molar-refractivity contribution in [2.45, 2.75) is 25.7 Å². The van der Waals surface area contributed by atoms with Crippen molar-refractivity contribution in [3.8, 4) is 0 Å². The Bertz CT molecular complexity index is 676. The van der Waals surface area contributed by atoms with Crippen LogP contribution in [0.1, 0.15) is 16.8 Å². The van der Waals surface area contributed by atoms with E-state index in [9.17, 15) is 8.42 Å². The number of H-pyrrole nitrogens is 1. The van der Waals surface area contributed by atoms with Crippen LogP contribution in [0.25, 0.3) is 0 Å². The highest BCUT2D eigenvalue weighted by Crippen LogP contribution is 2.20. The number of nitrogens with zero attached hydrogens (tertiary/aromatic N) is 2. The minimum absolute atomic E-state index is 0.218. The molecule has 0 bridgehead atoms. The topological polar surface area (TPSA) is 87.7 Å². The Labute approximate surface area is 105 Å². The average Bonchev–Trinajstić information content (AvgIpc) is 2.63. The Kier molecular flexibility index (Phi) is 3.08. The van der Waals surface area contributed by atoms with Crippen LogP contribution in [-0.2, 0) is 10.0 Å². The van der Waals surface area contributed by atoms with Crippen LogP contribution in [-0.4, -0.2) is 23.8 Å². The van der Waals surface area contributed by atoms with Gasteiger partial charge < -0.3 is 0 Å². The van der Waals surface area contributed by atoms with E-state index in [1.54, 1.807) is 26.0 Å². The van der Waals surface area contributed by atoms with Gasteiger partial charge in [-0.25, -0.2) is 8.42 Å². The van der Waals surface area contributed by atoms with Crippen LogP contribution in [0.15, 0.2) is 23.1 Å². The number of hydrogen-bond donors (Lipinski definition) is 2. The van der Waals surface area contributed by atoms with E-state index < -0.39 is 10.0 Å². The zero-order valence-corrected chi connectivity index (χ0v) is 11.2. The van der Waals surface area contributed by atoms with E-state index in [2.05, 4.69) is 20.1 Å². The van der Waals surface area contributed by atoms with Crippen molar-refractivity contribution >= 4 is 15.8 Å². The van der Waals surface area contributed by atoms with Crippen molar-refractivity contribution in [3.05, 3.63) is 35.0 Å². The molecule has 2 rings (SSSR count). The lowest BCUT2D eigenvalue weighted by Gasteiger charge is -2.09. The monoisotopic (exact) mass is 266 g/mol. The SMILES string of the molecule is Cc1ccc(S(=O)(=O)Nc2n[nH]nc2C)c(C)c1. The molecular formula is C11H14N4O2S. The van der Waals surface area contributed by atoms with Crippen molar-refractivity contribution in [1.29, 1.82) is 0 Å². The van der Waals surface area contributed by atoms with Gasteiger partial charge in [-0.05, 0) is 32.4 Å². The first-order valence-electron chi connectivity index (χ1n) is 5.37. The molecule has 18 heavy (non-hydrogen) atoms. The predicted molar refractivity (Wildman–Crippen MR) is 67.8 cm³/mol. The Balaban J connectivity index is 2.40. The molecule has 7 heteroatoms. The molecule has 2 N–H and O–H groups in total. The van der Waals surface area contributed by atoms with Crippen LogP contribution >= 0.6 is 0 Å². The van der Waals surface area contributed by atoms with Gasteiger partial charge in [0.25, 0.3) is 10.0 Å². The third-order valence-electron chi connectivity index (χ3n) is 2.57. The summed E-state index contributed by atoms with van der Waals surface area (Å²) in [6.45, 7) is 5.35. The van der Waals surface area contributed by atoms with Gasteiger partial charge in [0.05, 0.1) is 4.90 Å². The van der Waals surface area contributed by atoms with Crippen LogP contribution in [0.3, 0.4) is 0 Å². The van der Waals surface area contributed by atoms with Crippen molar-refractivity contribution in [1.82, 2.24) is 15.4 Å². The maximum atomic E-state index is 12.2. The highest BCUT2D eigenvalue weighted by molar-refractivity contribution is 7.92. The molecular weight excluding hydrogens is 252 g/mol. The molecule has 1 aromatic carbocycles. The number of hydrogen-bond acceptors (Lipinski definition) is 4. The molecule has 0 spiro atoms. The normalized spacial score (nSPS) is 11.5. The van der Waals surface area contributed by atoms with Gasteiger partial charge >= 0.3 is 0 Å². The van der Waals surface area contributed by atoms with Gasteiger partial charge in [0.15, 0.2) is 5.82 Å². The largest absolute Gasteiger partial charge is 0.263 e. The van der Waals surface area contributed by atoms with Gasteiger partial charge in [-0.3, -0.25) is 4.72 Å². The molecule has 1 aromatic heterocycles. The first kappa shape index (κ1) is 12.6. The van der Waals surface area contributed by atoms with Crippen molar-refractivity contribution in [3.63, 3.8) is 0 Å². The lowest BCUT2D eigenvalue weighted by Crippen LogP contribution is -2.15. The first-order chi connectivity index (χ1) is 8.40. The third-order valence-corrected chi connectivity index (χ3v) is 4.07. The standard InChI is InChI=1S/C11H14N4O2S/c1-7-4-5-10(8(2)6-7)18(16,17)14-11-9(3)12-15-13-11/h4-6H,1-3H3,(H2,12,13,14,15). The van der Waals surface area contributed by atoms with E-state index >= 15 is 0 Å². The third kappa shape index (κ3) is 2.35. The molecule has 6 nitrogen and oxygen atoms in total. The van der Waals surface area contributed by atoms with Gasteiger partial charge in [0, 0.05) is 0 Å². The molecule has 0 aliphatic heterocycles. The molecule has 0 fully saturated rings. The molecule has 96 valence electrons. The fraction of sp³-hybridized carbons (Fsp3) is 0.273. The second-order valence-corrected chi connectivity index (χ2v) is 5.78. The summed E-state index contributed by atoms with van der Waals surface area (Å²) >= 11 is 0. The second kappa shape index (κ2) is 4.41. The molecule has 0 aliphatic carbocycles. The molecule has 0 atom stereocenters. The van der Waals surface area contributed by atoms with E-state index in [4.69, 9.17) is 0 Å². The van der Waals surface area contributed by atoms with Crippen LogP contribution in [0.5, 0.6) is 0 Å². The average molecular weight is 266 g/mol. The summed E-state index contributed by atoms with van der Waals surface area (Å²) in [6, 6.07) is 5.17. The van der Waals surface area contributed by atoms with E-state index in [0.29, 0.717) is 11.3 Å². The highest BCUT2D eigenvalue weighted by Gasteiger charge is 2.19. The minimum Gasteiger partial charge on any atom is -0.260 e. The van der Waals surface area contributed by atoms with Gasteiger partial charge in [0.2, 0.25) is 0 Å². The van der Waals surface area contributed by atoms with E-state index in [1.165, 1.54) is 0 Å². The molecule has 2 aromatic rings. The molecule has 0 saturated heterocycles. The number of benzene rings is 1. The van der Waals surface area contributed by atoms with Crippen LogP contribution in [0, 0.1) is 20.8 Å². The van der Waals surface area contributed by atoms with Crippen LogP contribution in [0.4, 0.5) is 5.82 Å². The van der Waals surface area contributed by atoms with E-state index in [0.717, 1.165) is 5.56 Å². The zero-order chi connectivity index (χ0) is 13.3. The number of anilines is 1. The quantitative estimate of drug-likeness (QED) is 0.881. The number of nitrogens with one attached hydrogen (secondary N) is 2. The summed E-state index contributed by atoms with van der Waals surface area (Å²) in [6.07, 6.45) is 0. The van der Waals surface area contributed by atoms with Gasteiger partial charge in [-0.1, -0.05) is 17.7 Å². The number of sulfonamides is 1.